The maximum Gasteiger partial charge on any atom is 0.416 e. The fraction of sp³-hybridized carbons (Fsp3) is 0.125. The normalized spacial score (nSPS) is 16.1. The van der Waals surface area contributed by atoms with E-state index < -0.39 is 29.7 Å². The number of para-hydroxylation sites is 1. The Labute approximate surface area is 196 Å². The first-order valence-corrected chi connectivity index (χ1v) is 10.2. The van der Waals surface area contributed by atoms with E-state index in [1.807, 2.05) is 0 Å². The SMILES string of the molecule is CC1=NN(c2cccc(C(F)(F)F)c2)C(=O)C1N=Nc1cccc(-c2cccc(C(=O)O)c2)c1O. The van der Waals surface area contributed by atoms with Crippen LogP contribution in [0.25, 0.3) is 11.1 Å². The molecule has 3 aromatic carbocycles. The predicted molar refractivity (Wildman–Crippen MR) is 121 cm³/mol. The summed E-state index contributed by atoms with van der Waals surface area (Å²) in [5.74, 6) is -2.11. The van der Waals surface area contributed by atoms with Crippen molar-refractivity contribution in [3.05, 3.63) is 77.9 Å². The van der Waals surface area contributed by atoms with E-state index in [-0.39, 0.29) is 28.4 Å². The van der Waals surface area contributed by atoms with Crippen LogP contribution in [-0.2, 0) is 11.0 Å². The molecule has 8 nitrogen and oxygen atoms in total. The quantitative estimate of drug-likeness (QED) is 0.457. The smallest absolute Gasteiger partial charge is 0.416 e. The average molecular weight is 482 g/mol. The number of aromatic hydroxyl groups is 1. The Balaban J connectivity index is 1.60. The number of carboxylic acid groups (broad SMARTS) is 1. The Morgan fingerprint density at radius 1 is 1.06 bits per heavy atom. The lowest BCUT2D eigenvalue weighted by Crippen LogP contribution is -2.29. The third-order valence-electron chi connectivity index (χ3n) is 5.23. The fourth-order valence-corrected chi connectivity index (χ4v) is 3.47. The van der Waals surface area contributed by atoms with Gasteiger partial charge in [-0.05, 0) is 48.9 Å². The maximum absolute atomic E-state index is 13.0. The van der Waals surface area contributed by atoms with Gasteiger partial charge in [0.1, 0.15) is 5.69 Å². The van der Waals surface area contributed by atoms with E-state index in [4.69, 9.17) is 0 Å². The number of phenols is 1. The van der Waals surface area contributed by atoms with Gasteiger partial charge in [-0.15, -0.1) is 0 Å². The van der Waals surface area contributed by atoms with Crippen LogP contribution in [0.1, 0.15) is 22.8 Å². The lowest BCUT2D eigenvalue weighted by molar-refractivity contribution is -0.137. The molecular weight excluding hydrogens is 465 g/mol. The molecule has 1 heterocycles. The molecule has 1 amide bonds. The van der Waals surface area contributed by atoms with Gasteiger partial charge >= 0.3 is 12.1 Å². The van der Waals surface area contributed by atoms with Crippen LogP contribution in [-0.4, -0.2) is 33.8 Å². The molecule has 0 saturated carbocycles. The minimum absolute atomic E-state index is 0.0151. The van der Waals surface area contributed by atoms with Crippen LogP contribution < -0.4 is 5.01 Å². The van der Waals surface area contributed by atoms with Crippen molar-refractivity contribution in [2.45, 2.75) is 19.1 Å². The Bertz CT molecular complexity index is 1390. The van der Waals surface area contributed by atoms with E-state index in [1.165, 1.54) is 43.3 Å². The molecule has 35 heavy (non-hydrogen) atoms. The van der Waals surface area contributed by atoms with Crippen molar-refractivity contribution >= 4 is 29.0 Å². The number of hydrazone groups is 1. The number of rotatable bonds is 5. The number of hydrogen-bond acceptors (Lipinski definition) is 6. The van der Waals surface area contributed by atoms with E-state index in [0.717, 1.165) is 17.1 Å². The highest BCUT2D eigenvalue weighted by atomic mass is 19.4. The highest BCUT2D eigenvalue weighted by molar-refractivity contribution is 6.18. The van der Waals surface area contributed by atoms with Gasteiger partial charge in [-0.25, -0.2) is 4.79 Å². The lowest BCUT2D eigenvalue weighted by atomic mass is 10.0. The Morgan fingerprint density at radius 3 is 2.49 bits per heavy atom. The number of carbonyl (C=O) groups is 2. The van der Waals surface area contributed by atoms with Gasteiger partial charge in [0.15, 0.2) is 11.8 Å². The molecule has 2 N–H and O–H groups in total. The molecule has 0 saturated heterocycles. The zero-order valence-corrected chi connectivity index (χ0v) is 18.1. The lowest BCUT2D eigenvalue weighted by Gasteiger charge is -2.14. The number of nitrogens with zero attached hydrogens (tertiary/aromatic N) is 4. The number of hydrogen-bond donors (Lipinski definition) is 2. The van der Waals surface area contributed by atoms with E-state index in [0.29, 0.717) is 11.1 Å². The van der Waals surface area contributed by atoms with Crippen molar-refractivity contribution in [1.29, 1.82) is 0 Å². The standard InChI is InChI=1S/C24H17F3N4O4/c1-13-20(22(33)31(30-13)17-8-3-7-16(12-17)24(25,26)27)29-28-19-10-4-9-18(21(19)32)14-5-2-6-15(11-14)23(34)35/h2-12,20,32H,1H3,(H,34,35). The second-order valence-electron chi connectivity index (χ2n) is 7.62. The van der Waals surface area contributed by atoms with E-state index in [9.17, 15) is 33.0 Å². The van der Waals surface area contributed by atoms with Crippen molar-refractivity contribution in [2.24, 2.45) is 15.3 Å². The van der Waals surface area contributed by atoms with Crippen molar-refractivity contribution in [3.8, 4) is 16.9 Å². The minimum atomic E-state index is -4.58. The number of alkyl halides is 3. The van der Waals surface area contributed by atoms with Crippen LogP contribution >= 0.6 is 0 Å². The average Bonchev–Trinajstić information content (AvgIpc) is 3.11. The number of anilines is 1. The van der Waals surface area contributed by atoms with Crippen LogP contribution in [0.2, 0.25) is 0 Å². The molecule has 0 radical (unpaired) electrons. The van der Waals surface area contributed by atoms with Crippen molar-refractivity contribution < 1.29 is 33.0 Å². The van der Waals surface area contributed by atoms with Gasteiger partial charge in [-0.2, -0.15) is 33.5 Å². The van der Waals surface area contributed by atoms with Gasteiger partial charge in [0, 0.05) is 5.56 Å². The molecule has 11 heteroatoms. The summed E-state index contributed by atoms with van der Waals surface area (Å²) in [4.78, 5) is 24.1. The number of halogens is 3. The zero-order valence-electron chi connectivity index (χ0n) is 18.1. The van der Waals surface area contributed by atoms with E-state index in [1.54, 1.807) is 18.2 Å². The van der Waals surface area contributed by atoms with Gasteiger partial charge in [0.2, 0.25) is 0 Å². The second-order valence-corrected chi connectivity index (χ2v) is 7.62. The highest BCUT2D eigenvalue weighted by Gasteiger charge is 2.36. The molecular formula is C24H17F3N4O4. The molecule has 0 fully saturated rings. The van der Waals surface area contributed by atoms with Gasteiger partial charge in [-0.3, -0.25) is 4.79 Å². The first-order chi connectivity index (χ1) is 16.6. The number of azo groups is 1. The fourth-order valence-electron chi connectivity index (χ4n) is 3.47. The Morgan fingerprint density at radius 2 is 1.77 bits per heavy atom. The van der Waals surface area contributed by atoms with Crippen LogP contribution in [0.4, 0.5) is 24.5 Å². The predicted octanol–water partition coefficient (Wildman–Crippen LogP) is 5.65. The van der Waals surface area contributed by atoms with Gasteiger partial charge < -0.3 is 10.2 Å². The Hall–Kier alpha value is -4.54. The third-order valence-corrected chi connectivity index (χ3v) is 5.23. The molecule has 1 aliphatic rings. The molecule has 178 valence electrons. The summed E-state index contributed by atoms with van der Waals surface area (Å²) in [6, 6.07) is 13.5. The molecule has 1 unspecified atom stereocenters. The molecule has 3 aromatic rings. The van der Waals surface area contributed by atoms with Crippen LogP contribution in [0.3, 0.4) is 0 Å². The summed E-state index contributed by atoms with van der Waals surface area (Å²) < 4.78 is 39.1. The summed E-state index contributed by atoms with van der Waals surface area (Å²) >= 11 is 0. The maximum atomic E-state index is 13.0. The Kier molecular flexibility index (Phi) is 6.08. The summed E-state index contributed by atoms with van der Waals surface area (Å²) in [6.07, 6.45) is -4.58. The van der Waals surface area contributed by atoms with Crippen LogP contribution in [0.5, 0.6) is 5.75 Å². The molecule has 0 bridgehead atoms. The van der Waals surface area contributed by atoms with Crippen LogP contribution in [0, 0.1) is 0 Å². The van der Waals surface area contributed by atoms with Crippen molar-refractivity contribution in [1.82, 2.24) is 0 Å². The summed E-state index contributed by atoms with van der Waals surface area (Å²) in [6.45, 7) is 1.49. The van der Waals surface area contributed by atoms with Gasteiger partial charge in [0.05, 0.1) is 22.5 Å². The number of carbonyl (C=O) groups excluding carboxylic acids is 1. The largest absolute Gasteiger partial charge is 0.505 e. The summed E-state index contributed by atoms with van der Waals surface area (Å²) in [5, 5.41) is 32.7. The highest BCUT2D eigenvalue weighted by Crippen LogP contribution is 2.38. The third kappa shape index (κ3) is 4.74. The number of amides is 1. The van der Waals surface area contributed by atoms with E-state index >= 15 is 0 Å². The van der Waals surface area contributed by atoms with Gasteiger partial charge in [0.25, 0.3) is 5.91 Å². The molecule has 0 spiro atoms. The first kappa shape index (κ1) is 23.6. The molecule has 4 rings (SSSR count). The monoisotopic (exact) mass is 482 g/mol. The number of carboxylic acids is 1. The molecule has 0 aliphatic carbocycles. The number of aromatic carboxylic acids is 1. The molecule has 1 aliphatic heterocycles. The first-order valence-electron chi connectivity index (χ1n) is 10.2. The summed E-state index contributed by atoms with van der Waals surface area (Å²) in [5.41, 5.74) is 0.0110. The summed E-state index contributed by atoms with van der Waals surface area (Å²) in [7, 11) is 0. The van der Waals surface area contributed by atoms with Crippen molar-refractivity contribution in [3.63, 3.8) is 0 Å². The number of phenolic OH excluding ortho intramolecular Hbond substituents is 1. The number of benzene rings is 3. The van der Waals surface area contributed by atoms with Crippen molar-refractivity contribution in [2.75, 3.05) is 5.01 Å². The topological polar surface area (TPSA) is 115 Å². The molecule has 1 atom stereocenters. The van der Waals surface area contributed by atoms with Crippen LogP contribution in [0.15, 0.2) is 82.1 Å². The zero-order chi connectivity index (χ0) is 25.3. The van der Waals surface area contributed by atoms with Gasteiger partial charge in [-0.1, -0.05) is 30.3 Å². The minimum Gasteiger partial charge on any atom is -0.505 e. The second kappa shape index (κ2) is 9.01. The molecule has 0 aromatic heterocycles. The van der Waals surface area contributed by atoms with E-state index in [2.05, 4.69) is 15.3 Å².